The first-order valence-corrected chi connectivity index (χ1v) is 7.76. The molecular weight excluding hydrogens is 288 g/mol. The predicted molar refractivity (Wildman–Crippen MR) is 74.0 cm³/mol. The number of carbonyl (C=O) groups is 1. The Kier molecular flexibility index (Phi) is 5.83. The van der Waals surface area contributed by atoms with E-state index in [0.29, 0.717) is 4.34 Å². The van der Waals surface area contributed by atoms with Gasteiger partial charge in [0.05, 0.1) is 19.0 Å². The van der Waals surface area contributed by atoms with Crippen LogP contribution in [0.2, 0.25) is 0 Å². The number of hydrogen-bond acceptors (Lipinski definition) is 8. The minimum absolute atomic E-state index is 0.0163. The van der Waals surface area contributed by atoms with Crippen LogP contribution in [0.1, 0.15) is 0 Å². The number of nitrogens with one attached hydrogen (secondary N) is 1. The Labute approximate surface area is 119 Å². The van der Waals surface area contributed by atoms with Gasteiger partial charge in [0.2, 0.25) is 5.13 Å². The first kappa shape index (κ1) is 14.5. The lowest BCUT2D eigenvalue weighted by molar-refractivity contribution is -0.133. The van der Waals surface area contributed by atoms with Gasteiger partial charge in [-0.3, -0.25) is 9.69 Å². The number of carboxylic acids is 1. The third-order valence-electron chi connectivity index (χ3n) is 2.53. The van der Waals surface area contributed by atoms with E-state index < -0.39 is 5.97 Å². The molecule has 1 aliphatic rings. The summed E-state index contributed by atoms with van der Waals surface area (Å²) in [6.45, 7) is 5.29. The van der Waals surface area contributed by atoms with Crippen molar-refractivity contribution in [2.75, 3.05) is 50.5 Å². The molecule has 0 radical (unpaired) electrons. The lowest BCUT2D eigenvalue weighted by atomic mass is 10.4. The van der Waals surface area contributed by atoms with E-state index in [1.807, 2.05) is 0 Å². The van der Waals surface area contributed by atoms with Crippen LogP contribution in [0.3, 0.4) is 0 Å². The number of hydrogen-bond donors (Lipinski definition) is 2. The highest BCUT2D eigenvalue weighted by molar-refractivity contribution is 8.01. The van der Waals surface area contributed by atoms with Crippen molar-refractivity contribution < 1.29 is 14.6 Å². The standard InChI is InChI=1S/C10H16N4O3S2/c15-8(16)7-18-10-13-12-9(19-10)11-1-2-14-3-5-17-6-4-14/h1-7H2,(H,11,12)(H,15,16). The number of aromatic nitrogens is 2. The average Bonchev–Trinajstić information content (AvgIpc) is 2.86. The second-order valence-corrected chi connectivity index (χ2v) is 6.14. The molecule has 0 spiro atoms. The molecule has 2 N–H and O–H groups in total. The number of nitrogens with zero attached hydrogens (tertiary/aromatic N) is 3. The van der Waals surface area contributed by atoms with Crippen LogP contribution in [0.5, 0.6) is 0 Å². The normalized spacial score (nSPS) is 16.4. The fraction of sp³-hybridized carbons (Fsp3) is 0.700. The number of carboxylic acid groups (broad SMARTS) is 1. The minimum Gasteiger partial charge on any atom is -0.481 e. The van der Waals surface area contributed by atoms with Crippen LogP contribution < -0.4 is 5.32 Å². The number of ether oxygens (including phenoxy) is 1. The lowest BCUT2D eigenvalue weighted by Crippen LogP contribution is -2.38. The number of anilines is 1. The topological polar surface area (TPSA) is 87.6 Å². The Morgan fingerprint density at radius 3 is 3.00 bits per heavy atom. The number of aliphatic carboxylic acids is 1. The molecule has 0 unspecified atom stereocenters. The van der Waals surface area contributed by atoms with Crippen LogP contribution in [0.15, 0.2) is 4.34 Å². The lowest BCUT2D eigenvalue weighted by Gasteiger charge is -2.26. The first-order valence-electron chi connectivity index (χ1n) is 5.96. The van der Waals surface area contributed by atoms with Crippen molar-refractivity contribution in [2.24, 2.45) is 0 Å². The number of rotatable bonds is 7. The molecule has 1 aromatic rings. The maximum atomic E-state index is 10.4. The van der Waals surface area contributed by atoms with E-state index in [1.54, 1.807) is 0 Å². The van der Waals surface area contributed by atoms with Crippen molar-refractivity contribution in [1.82, 2.24) is 15.1 Å². The van der Waals surface area contributed by atoms with Gasteiger partial charge in [-0.25, -0.2) is 0 Å². The summed E-state index contributed by atoms with van der Waals surface area (Å²) < 4.78 is 5.96. The predicted octanol–water partition coefficient (Wildman–Crippen LogP) is 0.459. The quantitative estimate of drug-likeness (QED) is 0.703. The smallest absolute Gasteiger partial charge is 0.313 e. The molecule has 2 rings (SSSR count). The van der Waals surface area contributed by atoms with E-state index in [-0.39, 0.29) is 5.75 Å². The van der Waals surface area contributed by atoms with Crippen LogP contribution >= 0.6 is 23.1 Å². The second-order valence-electron chi connectivity index (χ2n) is 3.94. The molecule has 0 amide bonds. The van der Waals surface area contributed by atoms with E-state index in [4.69, 9.17) is 9.84 Å². The summed E-state index contributed by atoms with van der Waals surface area (Å²) in [4.78, 5) is 12.8. The van der Waals surface area contributed by atoms with Gasteiger partial charge in [-0.2, -0.15) is 0 Å². The zero-order valence-electron chi connectivity index (χ0n) is 10.4. The monoisotopic (exact) mass is 304 g/mol. The first-order chi connectivity index (χ1) is 9.24. The molecule has 1 aromatic heterocycles. The highest BCUT2D eigenvalue weighted by Gasteiger charge is 2.10. The van der Waals surface area contributed by atoms with Crippen LogP contribution in [0.25, 0.3) is 0 Å². The molecule has 19 heavy (non-hydrogen) atoms. The Hall–Kier alpha value is -0.900. The maximum Gasteiger partial charge on any atom is 0.313 e. The largest absolute Gasteiger partial charge is 0.481 e. The van der Waals surface area contributed by atoms with Gasteiger partial charge in [0.1, 0.15) is 0 Å². The molecule has 0 bridgehead atoms. The maximum absolute atomic E-state index is 10.4. The SMILES string of the molecule is O=C(O)CSc1nnc(NCCN2CCOCC2)s1. The summed E-state index contributed by atoms with van der Waals surface area (Å²) in [5.74, 6) is -0.829. The second kappa shape index (κ2) is 7.63. The van der Waals surface area contributed by atoms with Gasteiger partial charge in [-0.1, -0.05) is 23.1 Å². The van der Waals surface area contributed by atoms with Crippen molar-refractivity contribution in [1.29, 1.82) is 0 Å². The summed E-state index contributed by atoms with van der Waals surface area (Å²) in [6, 6.07) is 0. The van der Waals surface area contributed by atoms with Crippen molar-refractivity contribution in [2.45, 2.75) is 4.34 Å². The molecule has 7 nitrogen and oxygen atoms in total. The Morgan fingerprint density at radius 1 is 1.47 bits per heavy atom. The summed E-state index contributed by atoms with van der Waals surface area (Å²) in [5.41, 5.74) is 0. The Morgan fingerprint density at radius 2 is 2.26 bits per heavy atom. The van der Waals surface area contributed by atoms with Gasteiger partial charge in [0.25, 0.3) is 0 Å². The number of thioether (sulfide) groups is 1. The molecule has 9 heteroatoms. The Balaban J connectivity index is 1.66. The summed E-state index contributed by atoms with van der Waals surface area (Å²) in [6.07, 6.45) is 0. The average molecular weight is 304 g/mol. The fourth-order valence-corrected chi connectivity index (χ4v) is 3.11. The molecule has 106 valence electrons. The van der Waals surface area contributed by atoms with Gasteiger partial charge in [0.15, 0.2) is 4.34 Å². The zero-order valence-corrected chi connectivity index (χ0v) is 12.0. The third kappa shape index (κ3) is 5.31. The Bertz CT molecular complexity index is 409. The van der Waals surface area contributed by atoms with E-state index in [1.165, 1.54) is 23.1 Å². The van der Waals surface area contributed by atoms with Gasteiger partial charge in [-0.05, 0) is 0 Å². The zero-order chi connectivity index (χ0) is 13.5. The molecule has 0 aromatic carbocycles. The molecular formula is C10H16N4O3S2. The van der Waals surface area contributed by atoms with Gasteiger partial charge < -0.3 is 15.2 Å². The highest BCUT2D eigenvalue weighted by Crippen LogP contribution is 2.24. The molecule has 0 saturated carbocycles. The van der Waals surface area contributed by atoms with Crippen molar-refractivity contribution in [3.8, 4) is 0 Å². The molecule has 0 atom stereocenters. The fourth-order valence-electron chi connectivity index (χ4n) is 1.61. The van der Waals surface area contributed by atoms with Crippen molar-refractivity contribution in [3.63, 3.8) is 0 Å². The summed E-state index contributed by atoms with van der Waals surface area (Å²) in [7, 11) is 0. The molecule has 0 aliphatic carbocycles. The highest BCUT2D eigenvalue weighted by atomic mass is 32.2. The van der Waals surface area contributed by atoms with Crippen LogP contribution in [0, 0.1) is 0 Å². The molecule has 2 heterocycles. The van der Waals surface area contributed by atoms with E-state index in [9.17, 15) is 4.79 Å². The van der Waals surface area contributed by atoms with Crippen LogP contribution in [-0.4, -0.2) is 71.3 Å². The molecule has 1 aliphatic heterocycles. The minimum atomic E-state index is -0.845. The van der Waals surface area contributed by atoms with Crippen molar-refractivity contribution >= 4 is 34.2 Å². The van der Waals surface area contributed by atoms with Gasteiger partial charge >= 0.3 is 5.97 Å². The molecule has 1 fully saturated rings. The molecule has 1 saturated heterocycles. The third-order valence-corrected chi connectivity index (χ3v) is 4.53. The van der Waals surface area contributed by atoms with E-state index in [2.05, 4.69) is 20.4 Å². The number of morpholine rings is 1. The van der Waals surface area contributed by atoms with Gasteiger partial charge in [-0.15, -0.1) is 10.2 Å². The van der Waals surface area contributed by atoms with Crippen LogP contribution in [0.4, 0.5) is 5.13 Å². The van der Waals surface area contributed by atoms with Crippen LogP contribution in [-0.2, 0) is 9.53 Å². The summed E-state index contributed by atoms with van der Waals surface area (Å²) >= 11 is 2.57. The van der Waals surface area contributed by atoms with E-state index in [0.717, 1.165) is 44.5 Å². The van der Waals surface area contributed by atoms with E-state index >= 15 is 0 Å². The summed E-state index contributed by atoms with van der Waals surface area (Å²) in [5, 5.41) is 20.4. The van der Waals surface area contributed by atoms with Crippen molar-refractivity contribution in [3.05, 3.63) is 0 Å². The van der Waals surface area contributed by atoms with Gasteiger partial charge in [0, 0.05) is 26.2 Å².